The average Bonchev–Trinajstić information content (AvgIpc) is 2.71. The molecule has 4 nitrogen and oxygen atoms in total. The molecule has 1 saturated heterocycles. The van der Waals surface area contributed by atoms with Crippen LogP contribution in [-0.2, 0) is 14.3 Å². The lowest BCUT2D eigenvalue weighted by Crippen LogP contribution is -2.16. The predicted octanol–water partition coefficient (Wildman–Crippen LogP) is 3.19. The standard InChI is InChI=1S/C13H13Cl2NO3/c1-7-10(14)4-9(5-11(7)15)16-12(17)2-8-3-13(18)19-6-8/h4-5,8H,2-3,6H2,1H3,(H,16,17). The molecule has 0 aromatic heterocycles. The average molecular weight is 302 g/mol. The molecule has 0 spiro atoms. The lowest BCUT2D eigenvalue weighted by atomic mass is 10.0. The molecule has 2 rings (SSSR count). The van der Waals surface area contributed by atoms with Crippen molar-refractivity contribution in [1.82, 2.24) is 0 Å². The molecule has 1 aliphatic heterocycles. The molecule has 19 heavy (non-hydrogen) atoms. The predicted molar refractivity (Wildman–Crippen MR) is 73.5 cm³/mol. The number of hydrogen-bond acceptors (Lipinski definition) is 3. The molecule has 1 aromatic carbocycles. The lowest BCUT2D eigenvalue weighted by Gasteiger charge is -2.10. The van der Waals surface area contributed by atoms with Crippen LogP contribution in [0, 0.1) is 12.8 Å². The summed E-state index contributed by atoms with van der Waals surface area (Å²) in [5.41, 5.74) is 1.33. The number of halogens is 2. The van der Waals surface area contributed by atoms with E-state index in [4.69, 9.17) is 27.9 Å². The zero-order chi connectivity index (χ0) is 14.0. The molecule has 0 aliphatic carbocycles. The molecular weight excluding hydrogens is 289 g/mol. The molecule has 1 aliphatic rings. The minimum absolute atomic E-state index is 0.0520. The van der Waals surface area contributed by atoms with E-state index in [0.717, 1.165) is 5.56 Å². The number of rotatable bonds is 3. The van der Waals surface area contributed by atoms with E-state index >= 15 is 0 Å². The largest absolute Gasteiger partial charge is 0.465 e. The zero-order valence-corrected chi connectivity index (χ0v) is 11.8. The summed E-state index contributed by atoms with van der Waals surface area (Å²) in [7, 11) is 0. The van der Waals surface area contributed by atoms with Crippen LogP contribution in [0.5, 0.6) is 0 Å². The normalized spacial score (nSPS) is 18.3. The zero-order valence-electron chi connectivity index (χ0n) is 10.3. The summed E-state index contributed by atoms with van der Waals surface area (Å²) < 4.78 is 4.81. The molecule has 0 saturated carbocycles. The highest BCUT2D eigenvalue weighted by molar-refractivity contribution is 6.36. The number of ether oxygens (including phenoxy) is 1. The molecule has 1 unspecified atom stereocenters. The van der Waals surface area contributed by atoms with E-state index in [1.54, 1.807) is 19.1 Å². The molecule has 0 bridgehead atoms. The number of cyclic esters (lactones) is 1. The topological polar surface area (TPSA) is 55.4 Å². The minimum atomic E-state index is -0.251. The quantitative estimate of drug-likeness (QED) is 0.872. The fourth-order valence-corrected chi connectivity index (χ4v) is 2.37. The summed E-state index contributed by atoms with van der Waals surface area (Å²) in [5.74, 6) is -0.484. The number of esters is 1. The van der Waals surface area contributed by atoms with Crippen molar-refractivity contribution in [3.8, 4) is 0 Å². The van der Waals surface area contributed by atoms with Crippen LogP contribution in [0.15, 0.2) is 12.1 Å². The van der Waals surface area contributed by atoms with Crippen LogP contribution >= 0.6 is 23.2 Å². The van der Waals surface area contributed by atoms with Crippen molar-refractivity contribution in [2.75, 3.05) is 11.9 Å². The fraction of sp³-hybridized carbons (Fsp3) is 0.385. The maximum atomic E-state index is 11.8. The number of hydrogen-bond donors (Lipinski definition) is 1. The van der Waals surface area contributed by atoms with Crippen LogP contribution in [0.4, 0.5) is 5.69 Å². The Morgan fingerprint density at radius 2 is 2.05 bits per heavy atom. The molecule has 0 radical (unpaired) electrons. The summed E-state index contributed by atoms with van der Waals surface area (Å²) in [5, 5.41) is 3.72. The molecule has 1 amide bonds. The van der Waals surface area contributed by atoms with E-state index in [9.17, 15) is 9.59 Å². The number of benzene rings is 1. The SMILES string of the molecule is Cc1c(Cl)cc(NC(=O)CC2COC(=O)C2)cc1Cl. The van der Waals surface area contributed by atoms with E-state index < -0.39 is 0 Å². The highest BCUT2D eigenvalue weighted by atomic mass is 35.5. The summed E-state index contributed by atoms with van der Waals surface area (Å²) in [6.45, 7) is 2.11. The second-order valence-electron chi connectivity index (χ2n) is 4.57. The van der Waals surface area contributed by atoms with Crippen molar-refractivity contribution in [2.45, 2.75) is 19.8 Å². The third-order valence-electron chi connectivity index (χ3n) is 2.97. The van der Waals surface area contributed by atoms with E-state index in [-0.39, 0.29) is 24.2 Å². The van der Waals surface area contributed by atoms with Gasteiger partial charge >= 0.3 is 5.97 Å². The van der Waals surface area contributed by atoms with Crippen LogP contribution in [0.3, 0.4) is 0 Å². The number of carbonyl (C=O) groups is 2. The van der Waals surface area contributed by atoms with E-state index in [1.807, 2.05) is 0 Å². The third kappa shape index (κ3) is 3.61. The molecule has 1 N–H and O–H groups in total. The van der Waals surface area contributed by atoms with Crippen molar-refractivity contribution in [1.29, 1.82) is 0 Å². The van der Waals surface area contributed by atoms with Gasteiger partial charge in [-0.1, -0.05) is 23.2 Å². The van der Waals surface area contributed by atoms with Crippen LogP contribution in [-0.4, -0.2) is 18.5 Å². The van der Waals surface area contributed by atoms with Crippen LogP contribution < -0.4 is 5.32 Å². The van der Waals surface area contributed by atoms with E-state index in [0.29, 0.717) is 28.8 Å². The Morgan fingerprint density at radius 3 is 2.58 bits per heavy atom. The summed E-state index contributed by atoms with van der Waals surface area (Å²) in [6.07, 6.45) is 0.539. The van der Waals surface area contributed by atoms with Gasteiger partial charge in [-0.3, -0.25) is 9.59 Å². The van der Waals surface area contributed by atoms with Gasteiger partial charge in [-0.2, -0.15) is 0 Å². The van der Waals surface area contributed by atoms with Crippen LogP contribution in [0.1, 0.15) is 18.4 Å². The Hall–Kier alpha value is -1.26. The van der Waals surface area contributed by atoms with E-state index in [2.05, 4.69) is 5.32 Å². The van der Waals surface area contributed by atoms with E-state index in [1.165, 1.54) is 0 Å². The van der Waals surface area contributed by atoms with Gasteiger partial charge in [0.15, 0.2) is 0 Å². The Kier molecular flexibility index (Phi) is 4.32. The Bertz CT molecular complexity index is 508. The Labute approximate surface area is 121 Å². The summed E-state index contributed by atoms with van der Waals surface area (Å²) in [6, 6.07) is 3.30. The van der Waals surface area contributed by atoms with Crippen molar-refractivity contribution in [3.63, 3.8) is 0 Å². The van der Waals surface area contributed by atoms with Gasteiger partial charge in [0.1, 0.15) is 0 Å². The molecule has 1 heterocycles. The van der Waals surface area contributed by atoms with Crippen molar-refractivity contribution >= 4 is 40.8 Å². The first-order valence-corrected chi connectivity index (χ1v) is 6.62. The van der Waals surface area contributed by atoms with Crippen molar-refractivity contribution < 1.29 is 14.3 Å². The van der Waals surface area contributed by atoms with Gasteiger partial charge in [-0.15, -0.1) is 0 Å². The Morgan fingerprint density at radius 1 is 1.42 bits per heavy atom. The second kappa shape index (κ2) is 5.80. The lowest BCUT2D eigenvalue weighted by molar-refractivity contribution is -0.138. The van der Waals surface area contributed by atoms with Crippen LogP contribution in [0.25, 0.3) is 0 Å². The monoisotopic (exact) mass is 301 g/mol. The molecule has 1 fully saturated rings. The first-order chi connectivity index (χ1) is 8.95. The van der Waals surface area contributed by atoms with Gasteiger partial charge in [-0.25, -0.2) is 0 Å². The third-order valence-corrected chi connectivity index (χ3v) is 3.76. The molecule has 6 heteroatoms. The number of anilines is 1. The molecule has 102 valence electrons. The summed E-state index contributed by atoms with van der Waals surface area (Å²) >= 11 is 12.0. The van der Waals surface area contributed by atoms with Crippen molar-refractivity contribution in [2.24, 2.45) is 5.92 Å². The fourth-order valence-electron chi connectivity index (χ4n) is 1.89. The van der Waals surface area contributed by atoms with Gasteiger partial charge in [-0.05, 0) is 24.6 Å². The van der Waals surface area contributed by atoms with Gasteiger partial charge in [0.2, 0.25) is 5.91 Å². The van der Waals surface area contributed by atoms with Gasteiger partial charge in [0.05, 0.1) is 13.0 Å². The van der Waals surface area contributed by atoms with Crippen molar-refractivity contribution in [3.05, 3.63) is 27.7 Å². The Balaban J connectivity index is 1.97. The second-order valence-corrected chi connectivity index (χ2v) is 5.38. The molecular formula is C13H13Cl2NO3. The molecule has 1 atom stereocenters. The maximum absolute atomic E-state index is 11.8. The highest BCUT2D eigenvalue weighted by Crippen LogP contribution is 2.28. The highest BCUT2D eigenvalue weighted by Gasteiger charge is 2.25. The summed E-state index contributed by atoms with van der Waals surface area (Å²) in [4.78, 5) is 22.7. The first-order valence-electron chi connectivity index (χ1n) is 5.87. The maximum Gasteiger partial charge on any atom is 0.306 e. The smallest absolute Gasteiger partial charge is 0.306 e. The number of amides is 1. The minimum Gasteiger partial charge on any atom is -0.465 e. The van der Waals surface area contributed by atoms with Gasteiger partial charge in [0.25, 0.3) is 0 Å². The van der Waals surface area contributed by atoms with Gasteiger partial charge < -0.3 is 10.1 Å². The first kappa shape index (κ1) is 14.2. The number of carbonyl (C=O) groups excluding carboxylic acids is 2. The molecule has 1 aromatic rings. The number of nitrogens with one attached hydrogen (secondary N) is 1. The van der Waals surface area contributed by atoms with Gasteiger partial charge in [0, 0.05) is 28.1 Å². The van der Waals surface area contributed by atoms with Crippen LogP contribution in [0.2, 0.25) is 10.0 Å².